The van der Waals surface area contributed by atoms with Crippen LogP contribution in [-0.2, 0) is 5.60 Å². The van der Waals surface area contributed by atoms with Crippen LogP contribution in [0.2, 0.25) is 0 Å². The second-order valence-electron chi connectivity index (χ2n) is 4.46. The van der Waals surface area contributed by atoms with Gasteiger partial charge in [0.2, 0.25) is 0 Å². The Bertz CT molecular complexity index is 502. The van der Waals surface area contributed by atoms with E-state index in [-0.39, 0.29) is 0 Å². The number of halogens is 2. The third-order valence-electron chi connectivity index (χ3n) is 3.17. The monoisotopic (exact) mass is 264 g/mol. The van der Waals surface area contributed by atoms with Crippen LogP contribution in [0, 0.1) is 11.6 Å². The van der Waals surface area contributed by atoms with Crippen LogP contribution in [0.15, 0.2) is 48.5 Å². The minimum absolute atomic E-state index is 0.343. The molecule has 0 aliphatic heterocycles. The first kappa shape index (κ1) is 13.6. The molecule has 2 nitrogen and oxygen atoms in total. The summed E-state index contributed by atoms with van der Waals surface area (Å²) in [6.07, 6.45) is -1.14. The Hall–Kier alpha value is -1.78. The first-order valence-corrected chi connectivity index (χ1v) is 5.87. The second-order valence-corrected chi connectivity index (χ2v) is 4.46. The van der Waals surface area contributed by atoms with Crippen molar-refractivity contribution in [1.29, 1.82) is 0 Å². The van der Waals surface area contributed by atoms with E-state index in [1.165, 1.54) is 55.5 Å². The van der Waals surface area contributed by atoms with Gasteiger partial charge in [0, 0.05) is 0 Å². The molecule has 2 rings (SSSR count). The van der Waals surface area contributed by atoms with Crippen molar-refractivity contribution in [2.75, 3.05) is 0 Å². The fourth-order valence-electron chi connectivity index (χ4n) is 2.06. The van der Waals surface area contributed by atoms with Crippen LogP contribution in [0.1, 0.15) is 18.1 Å². The van der Waals surface area contributed by atoms with Gasteiger partial charge in [-0.1, -0.05) is 24.3 Å². The molecule has 0 saturated heterocycles. The van der Waals surface area contributed by atoms with E-state index in [1.54, 1.807) is 0 Å². The van der Waals surface area contributed by atoms with Crippen molar-refractivity contribution in [3.8, 4) is 0 Å². The van der Waals surface area contributed by atoms with Crippen molar-refractivity contribution in [3.63, 3.8) is 0 Å². The van der Waals surface area contributed by atoms with E-state index in [0.717, 1.165) is 0 Å². The summed E-state index contributed by atoms with van der Waals surface area (Å²) >= 11 is 0. The number of aliphatic hydroxyl groups is 2. The molecule has 2 aromatic carbocycles. The first-order chi connectivity index (χ1) is 8.94. The van der Waals surface area contributed by atoms with Crippen molar-refractivity contribution >= 4 is 0 Å². The first-order valence-electron chi connectivity index (χ1n) is 5.87. The summed E-state index contributed by atoms with van der Waals surface area (Å²) in [5.74, 6) is -0.869. The van der Waals surface area contributed by atoms with Gasteiger partial charge < -0.3 is 10.2 Å². The molecule has 2 aromatic rings. The number of hydrogen-bond donors (Lipinski definition) is 2. The minimum Gasteiger partial charge on any atom is -0.390 e. The SMILES string of the molecule is C[C@@H](O)C(O)(c1ccc(F)cc1)c1ccc(F)cc1. The standard InChI is InChI=1S/C15H14F2O2/c1-10(18)15(19,11-2-6-13(16)7-3-11)12-4-8-14(17)9-5-12/h2-10,18-19H,1H3/t10-/m1/s1. The largest absolute Gasteiger partial charge is 0.390 e. The summed E-state index contributed by atoms with van der Waals surface area (Å²) in [5.41, 5.74) is -1.02. The lowest BCUT2D eigenvalue weighted by Gasteiger charge is -2.32. The quantitative estimate of drug-likeness (QED) is 0.894. The molecule has 2 N–H and O–H groups in total. The van der Waals surface area contributed by atoms with Crippen molar-refractivity contribution in [3.05, 3.63) is 71.3 Å². The van der Waals surface area contributed by atoms with E-state index >= 15 is 0 Å². The molecule has 19 heavy (non-hydrogen) atoms. The summed E-state index contributed by atoms with van der Waals surface area (Å²) in [7, 11) is 0. The zero-order valence-corrected chi connectivity index (χ0v) is 10.3. The Morgan fingerprint density at radius 2 is 1.16 bits per heavy atom. The van der Waals surface area contributed by atoms with Gasteiger partial charge in [-0.05, 0) is 42.3 Å². The minimum atomic E-state index is -1.71. The Labute approximate surface area is 110 Å². The molecule has 0 heterocycles. The van der Waals surface area contributed by atoms with Crippen LogP contribution in [0.25, 0.3) is 0 Å². The molecule has 0 fully saturated rings. The molecule has 0 saturated carbocycles. The third-order valence-corrected chi connectivity index (χ3v) is 3.17. The van der Waals surface area contributed by atoms with Crippen LogP contribution < -0.4 is 0 Å². The molecule has 1 atom stereocenters. The van der Waals surface area contributed by atoms with Crippen LogP contribution in [0.5, 0.6) is 0 Å². The Morgan fingerprint density at radius 3 is 1.42 bits per heavy atom. The van der Waals surface area contributed by atoms with Crippen molar-refractivity contribution < 1.29 is 19.0 Å². The third kappa shape index (κ3) is 2.50. The summed E-state index contributed by atoms with van der Waals surface area (Å²) < 4.78 is 25.9. The molecule has 0 amide bonds. The number of aliphatic hydroxyl groups excluding tert-OH is 1. The average Bonchev–Trinajstić information content (AvgIpc) is 2.39. The lowest BCUT2D eigenvalue weighted by Crippen LogP contribution is -2.38. The van der Waals surface area contributed by atoms with Crippen LogP contribution in [0.3, 0.4) is 0 Å². The average molecular weight is 264 g/mol. The number of benzene rings is 2. The van der Waals surface area contributed by atoms with Crippen LogP contribution in [0.4, 0.5) is 8.78 Å². The number of hydrogen-bond acceptors (Lipinski definition) is 2. The van der Waals surface area contributed by atoms with Crippen molar-refractivity contribution in [2.45, 2.75) is 18.6 Å². The van der Waals surface area contributed by atoms with E-state index in [2.05, 4.69) is 0 Å². The van der Waals surface area contributed by atoms with Crippen molar-refractivity contribution in [1.82, 2.24) is 0 Å². The van der Waals surface area contributed by atoms with Gasteiger partial charge in [0.15, 0.2) is 0 Å². The highest BCUT2D eigenvalue weighted by Gasteiger charge is 2.36. The lowest BCUT2D eigenvalue weighted by atomic mass is 9.82. The van der Waals surface area contributed by atoms with E-state index in [4.69, 9.17) is 0 Å². The van der Waals surface area contributed by atoms with E-state index in [1.807, 2.05) is 0 Å². The van der Waals surface area contributed by atoms with Gasteiger partial charge in [-0.3, -0.25) is 0 Å². The van der Waals surface area contributed by atoms with Crippen LogP contribution >= 0.6 is 0 Å². The zero-order chi connectivity index (χ0) is 14.0. The second kappa shape index (κ2) is 5.07. The van der Waals surface area contributed by atoms with Gasteiger partial charge in [-0.2, -0.15) is 0 Å². The smallest absolute Gasteiger partial charge is 0.140 e. The van der Waals surface area contributed by atoms with E-state index in [0.29, 0.717) is 11.1 Å². The van der Waals surface area contributed by atoms with Crippen LogP contribution in [-0.4, -0.2) is 16.3 Å². The normalized spacial score (nSPS) is 13.3. The highest BCUT2D eigenvalue weighted by Crippen LogP contribution is 2.33. The Kier molecular flexibility index (Phi) is 3.64. The highest BCUT2D eigenvalue weighted by atomic mass is 19.1. The Balaban J connectivity index is 2.54. The fourth-order valence-corrected chi connectivity index (χ4v) is 2.06. The van der Waals surface area contributed by atoms with Gasteiger partial charge >= 0.3 is 0 Å². The van der Waals surface area contributed by atoms with Gasteiger partial charge in [0.25, 0.3) is 0 Å². The maximum atomic E-state index is 12.9. The predicted octanol–water partition coefficient (Wildman–Crippen LogP) is 2.58. The molecule has 100 valence electrons. The molecule has 0 unspecified atom stereocenters. The molecule has 4 heteroatoms. The van der Waals surface area contributed by atoms with Crippen molar-refractivity contribution in [2.24, 2.45) is 0 Å². The molecule has 0 radical (unpaired) electrons. The molecular weight excluding hydrogens is 250 g/mol. The maximum Gasteiger partial charge on any atom is 0.140 e. The molecular formula is C15H14F2O2. The topological polar surface area (TPSA) is 40.5 Å². The lowest BCUT2D eigenvalue weighted by molar-refractivity contribution is -0.0395. The molecule has 0 bridgehead atoms. The van der Waals surface area contributed by atoms with Gasteiger partial charge in [0.1, 0.15) is 17.2 Å². The van der Waals surface area contributed by atoms with E-state index in [9.17, 15) is 19.0 Å². The molecule has 0 aromatic heterocycles. The van der Waals surface area contributed by atoms with Gasteiger partial charge in [-0.25, -0.2) is 8.78 Å². The molecule has 0 spiro atoms. The maximum absolute atomic E-state index is 12.9. The zero-order valence-electron chi connectivity index (χ0n) is 10.3. The van der Waals surface area contributed by atoms with Gasteiger partial charge in [0.05, 0.1) is 6.10 Å². The molecule has 0 aliphatic carbocycles. The summed E-state index contributed by atoms with van der Waals surface area (Å²) in [4.78, 5) is 0. The highest BCUT2D eigenvalue weighted by molar-refractivity contribution is 5.37. The summed E-state index contributed by atoms with van der Waals surface area (Å²) in [6.45, 7) is 1.42. The van der Waals surface area contributed by atoms with Gasteiger partial charge in [-0.15, -0.1) is 0 Å². The number of rotatable bonds is 3. The summed E-state index contributed by atoms with van der Waals surface area (Å²) in [6, 6.07) is 10.4. The molecule has 0 aliphatic rings. The van der Waals surface area contributed by atoms with E-state index < -0.39 is 23.3 Å². The Morgan fingerprint density at radius 1 is 0.842 bits per heavy atom. The predicted molar refractivity (Wildman–Crippen MR) is 67.5 cm³/mol. The fraction of sp³-hybridized carbons (Fsp3) is 0.200. The summed E-state index contributed by atoms with van der Waals surface area (Å²) in [5, 5.41) is 20.6.